The molecule has 0 saturated heterocycles. The average molecular weight is 335 g/mol. The van der Waals surface area contributed by atoms with E-state index in [4.69, 9.17) is 0 Å². The molecule has 1 aromatic rings. The number of hydrogen-bond donors (Lipinski definition) is 3. The molecule has 1 rings (SSSR count). The highest BCUT2D eigenvalue weighted by molar-refractivity contribution is 7.90. The highest BCUT2D eigenvalue weighted by Crippen LogP contribution is 2.13. The fraction of sp³-hybridized carbons (Fsp3) is 0.500. The zero-order chi connectivity index (χ0) is 16.1. The van der Waals surface area contributed by atoms with E-state index in [1.165, 1.54) is 31.3 Å². The Balaban J connectivity index is 2.76. The minimum Gasteiger partial charge on any atom is -0.313 e. The molecule has 21 heavy (non-hydrogen) atoms. The van der Waals surface area contributed by atoms with Gasteiger partial charge in [0.05, 0.1) is 9.79 Å². The summed E-state index contributed by atoms with van der Waals surface area (Å²) >= 11 is 0. The van der Waals surface area contributed by atoms with Crippen molar-refractivity contribution >= 4 is 20.0 Å². The molecule has 3 N–H and O–H groups in total. The molecule has 1 aromatic carbocycles. The van der Waals surface area contributed by atoms with E-state index in [0.717, 1.165) is 0 Å². The summed E-state index contributed by atoms with van der Waals surface area (Å²) in [5, 5.41) is 3.09. The van der Waals surface area contributed by atoms with E-state index in [2.05, 4.69) is 14.8 Å². The maximum atomic E-state index is 12.0. The van der Waals surface area contributed by atoms with Gasteiger partial charge in [-0.3, -0.25) is 0 Å². The fourth-order valence-corrected chi connectivity index (χ4v) is 3.31. The number of sulfonamides is 2. The molecule has 0 spiro atoms. The molecule has 7 nitrogen and oxygen atoms in total. The van der Waals surface area contributed by atoms with Crippen molar-refractivity contribution in [2.24, 2.45) is 0 Å². The zero-order valence-electron chi connectivity index (χ0n) is 12.3. The Labute approximate surface area is 126 Å². The molecule has 0 radical (unpaired) electrons. The smallest absolute Gasteiger partial charge is 0.240 e. The van der Waals surface area contributed by atoms with E-state index < -0.39 is 20.0 Å². The van der Waals surface area contributed by atoms with Gasteiger partial charge in [0.2, 0.25) is 20.0 Å². The van der Waals surface area contributed by atoms with Gasteiger partial charge < -0.3 is 5.32 Å². The third-order valence-corrected chi connectivity index (χ3v) is 5.59. The first kappa shape index (κ1) is 18.1. The van der Waals surface area contributed by atoms with Gasteiger partial charge >= 0.3 is 0 Å². The quantitative estimate of drug-likeness (QED) is 0.574. The molecule has 0 unspecified atom stereocenters. The van der Waals surface area contributed by atoms with Gasteiger partial charge in [0.25, 0.3) is 0 Å². The predicted octanol–water partition coefficient (Wildman–Crippen LogP) is -0.129. The minimum atomic E-state index is -3.63. The summed E-state index contributed by atoms with van der Waals surface area (Å²) in [6, 6.07) is 5.32. The van der Waals surface area contributed by atoms with E-state index in [0.29, 0.717) is 6.54 Å². The van der Waals surface area contributed by atoms with E-state index in [1.807, 2.05) is 13.8 Å². The standard InChI is InChI=1S/C12H21N3O4S2/c1-10(2)14-8-9-15-21(18,19)12-6-4-11(5-7-12)20(16,17)13-3/h4-7,10,13-15H,8-9H2,1-3H3. The van der Waals surface area contributed by atoms with Crippen molar-refractivity contribution in [1.82, 2.24) is 14.8 Å². The summed E-state index contributed by atoms with van der Waals surface area (Å²) in [6.45, 7) is 4.71. The van der Waals surface area contributed by atoms with Crippen LogP contribution in [0.2, 0.25) is 0 Å². The minimum absolute atomic E-state index is 0.0189. The Kier molecular flexibility index (Phi) is 6.29. The van der Waals surface area contributed by atoms with Gasteiger partial charge in [-0.15, -0.1) is 0 Å². The number of nitrogens with one attached hydrogen (secondary N) is 3. The Hall–Kier alpha value is -1.00. The molecule has 9 heteroatoms. The van der Waals surface area contributed by atoms with Crippen LogP contribution in [0.4, 0.5) is 0 Å². The molecule has 0 amide bonds. The van der Waals surface area contributed by atoms with Crippen LogP contribution in [0.25, 0.3) is 0 Å². The van der Waals surface area contributed by atoms with E-state index in [-0.39, 0.29) is 22.4 Å². The molecule has 120 valence electrons. The van der Waals surface area contributed by atoms with Crippen molar-refractivity contribution in [1.29, 1.82) is 0 Å². The summed E-state index contributed by atoms with van der Waals surface area (Å²) in [7, 11) is -5.90. The molecule has 0 aliphatic carbocycles. The van der Waals surface area contributed by atoms with Crippen LogP contribution >= 0.6 is 0 Å². The van der Waals surface area contributed by atoms with Crippen LogP contribution in [-0.2, 0) is 20.0 Å². The second-order valence-corrected chi connectivity index (χ2v) is 8.34. The summed E-state index contributed by atoms with van der Waals surface area (Å²) in [6.07, 6.45) is 0. The second-order valence-electron chi connectivity index (χ2n) is 4.69. The number of rotatable bonds is 8. The van der Waals surface area contributed by atoms with Gasteiger partial charge in [-0.2, -0.15) is 0 Å². The maximum Gasteiger partial charge on any atom is 0.240 e. The van der Waals surface area contributed by atoms with Crippen LogP contribution < -0.4 is 14.8 Å². The maximum absolute atomic E-state index is 12.0. The van der Waals surface area contributed by atoms with Crippen LogP contribution in [0.3, 0.4) is 0 Å². The zero-order valence-corrected chi connectivity index (χ0v) is 13.9. The highest BCUT2D eigenvalue weighted by atomic mass is 32.2. The van der Waals surface area contributed by atoms with E-state index in [1.54, 1.807) is 0 Å². The van der Waals surface area contributed by atoms with E-state index >= 15 is 0 Å². The Morgan fingerprint density at radius 2 is 1.38 bits per heavy atom. The van der Waals surface area contributed by atoms with Gasteiger partial charge in [-0.25, -0.2) is 26.3 Å². The van der Waals surface area contributed by atoms with Crippen LogP contribution in [0.15, 0.2) is 34.1 Å². The number of hydrogen-bond acceptors (Lipinski definition) is 5. The summed E-state index contributed by atoms with van der Waals surface area (Å²) in [5.41, 5.74) is 0. The SMILES string of the molecule is CNS(=O)(=O)c1ccc(S(=O)(=O)NCCNC(C)C)cc1. The van der Waals surface area contributed by atoms with Crippen molar-refractivity contribution in [2.75, 3.05) is 20.1 Å². The molecule has 0 bridgehead atoms. The molecule has 0 fully saturated rings. The van der Waals surface area contributed by atoms with Gasteiger partial charge in [-0.1, -0.05) is 13.8 Å². The molecule has 0 saturated carbocycles. The Morgan fingerprint density at radius 1 is 0.905 bits per heavy atom. The summed E-state index contributed by atoms with van der Waals surface area (Å²) < 4.78 is 51.7. The monoisotopic (exact) mass is 335 g/mol. The molecule has 0 heterocycles. The topological polar surface area (TPSA) is 104 Å². The van der Waals surface area contributed by atoms with Gasteiger partial charge in [0, 0.05) is 19.1 Å². The van der Waals surface area contributed by atoms with Crippen LogP contribution in [0, 0.1) is 0 Å². The number of benzene rings is 1. The molecule has 0 aromatic heterocycles. The molecule has 0 aliphatic heterocycles. The first-order chi connectivity index (χ1) is 9.69. The lowest BCUT2D eigenvalue weighted by Gasteiger charge is -2.10. The molecular weight excluding hydrogens is 314 g/mol. The largest absolute Gasteiger partial charge is 0.313 e. The lowest BCUT2D eigenvalue weighted by atomic mass is 10.4. The predicted molar refractivity (Wildman–Crippen MR) is 81.0 cm³/mol. The van der Waals surface area contributed by atoms with Gasteiger partial charge in [0.15, 0.2) is 0 Å². The van der Waals surface area contributed by atoms with Crippen LogP contribution in [0.1, 0.15) is 13.8 Å². The molecular formula is C12H21N3O4S2. The Bertz CT molecular complexity index is 652. The third kappa shape index (κ3) is 5.36. The van der Waals surface area contributed by atoms with Crippen molar-refractivity contribution in [3.05, 3.63) is 24.3 Å². The van der Waals surface area contributed by atoms with Crippen molar-refractivity contribution in [3.63, 3.8) is 0 Å². The third-order valence-electron chi connectivity index (χ3n) is 2.68. The first-order valence-electron chi connectivity index (χ1n) is 6.46. The summed E-state index contributed by atoms with van der Waals surface area (Å²) in [5.74, 6) is 0. The lowest BCUT2D eigenvalue weighted by Crippen LogP contribution is -2.34. The average Bonchev–Trinajstić information content (AvgIpc) is 2.43. The summed E-state index contributed by atoms with van der Waals surface area (Å²) in [4.78, 5) is 0.0486. The second kappa shape index (κ2) is 7.32. The van der Waals surface area contributed by atoms with Crippen molar-refractivity contribution < 1.29 is 16.8 Å². The lowest BCUT2D eigenvalue weighted by molar-refractivity contribution is 0.559. The normalized spacial score (nSPS) is 12.8. The Morgan fingerprint density at radius 3 is 1.81 bits per heavy atom. The van der Waals surface area contributed by atoms with Crippen LogP contribution in [-0.4, -0.2) is 43.0 Å². The van der Waals surface area contributed by atoms with Gasteiger partial charge in [-0.05, 0) is 31.3 Å². The fourth-order valence-electron chi connectivity index (χ4n) is 1.55. The first-order valence-corrected chi connectivity index (χ1v) is 9.42. The van der Waals surface area contributed by atoms with Crippen molar-refractivity contribution in [3.8, 4) is 0 Å². The van der Waals surface area contributed by atoms with Crippen molar-refractivity contribution in [2.45, 2.75) is 29.7 Å². The molecule has 0 atom stereocenters. The van der Waals surface area contributed by atoms with Crippen LogP contribution in [0.5, 0.6) is 0 Å². The van der Waals surface area contributed by atoms with E-state index in [9.17, 15) is 16.8 Å². The van der Waals surface area contributed by atoms with Gasteiger partial charge in [0.1, 0.15) is 0 Å². The molecule has 0 aliphatic rings. The highest BCUT2D eigenvalue weighted by Gasteiger charge is 2.16.